The van der Waals surface area contributed by atoms with Crippen LogP contribution >= 0.6 is 11.3 Å². The number of benzene rings is 1. The summed E-state index contributed by atoms with van der Waals surface area (Å²) < 4.78 is 0. The lowest BCUT2D eigenvalue weighted by atomic mass is 10.0. The highest BCUT2D eigenvalue weighted by atomic mass is 32.1. The number of nitrogens with zero attached hydrogens (tertiary/aromatic N) is 1. The van der Waals surface area contributed by atoms with E-state index in [0.717, 1.165) is 25.1 Å². The number of aromatic nitrogens is 1. The Labute approximate surface area is 113 Å². The minimum absolute atomic E-state index is 0.225. The van der Waals surface area contributed by atoms with Gasteiger partial charge in [0.25, 0.3) is 0 Å². The van der Waals surface area contributed by atoms with E-state index in [2.05, 4.69) is 53.8 Å². The second-order valence-corrected chi connectivity index (χ2v) is 5.12. The van der Waals surface area contributed by atoms with Gasteiger partial charge < -0.3 is 5.32 Å². The van der Waals surface area contributed by atoms with Crippen LogP contribution in [0.3, 0.4) is 0 Å². The lowest BCUT2D eigenvalue weighted by Crippen LogP contribution is -2.23. The molecular formula is C15H20N2S. The van der Waals surface area contributed by atoms with E-state index < -0.39 is 0 Å². The summed E-state index contributed by atoms with van der Waals surface area (Å²) in [5, 5.41) is 5.71. The lowest BCUT2D eigenvalue weighted by Gasteiger charge is -2.17. The molecule has 0 fully saturated rings. The predicted molar refractivity (Wildman–Crippen MR) is 78.1 cm³/mol. The Morgan fingerprint density at radius 3 is 2.89 bits per heavy atom. The number of thiazole rings is 1. The fourth-order valence-electron chi connectivity index (χ4n) is 2.04. The van der Waals surface area contributed by atoms with Crippen molar-refractivity contribution in [3.63, 3.8) is 0 Å². The molecule has 0 amide bonds. The molecule has 0 saturated carbocycles. The van der Waals surface area contributed by atoms with E-state index in [9.17, 15) is 0 Å². The standard InChI is InChI=1S/C15H20N2S/c1-3-8-16-15(14-10-18-11-17-14)13-7-5-6-12(4-2)9-13/h5-7,9-11,15-16H,3-4,8H2,1-2H3. The van der Waals surface area contributed by atoms with Crippen molar-refractivity contribution in [3.8, 4) is 0 Å². The van der Waals surface area contributed by atoms with Crippen molar-refractivity contribution in [2.75, 3.05) is 6.54 Å². The molecule has 1 heterocycles. The first kappa shape index (κ1) is 13.2. The Kier molecular flexibility index (Phi) is 4.90. The topological polar surface area (TPSA) is 24.9 Å². The summed E-state index contributed by atoms with van der Waals surface area (Å²) in [7, 11) is 0. The van der Waals surface area contributed by atoms with Crippen LogP contribution in [0.5, 0.6) is 0 Å². The SMILES string of the molecule is CCCNC(c1cccc(CC)c1)c1cscn1. The maximum absolute atomic E-state index is 4.46. The fourth-order valence-corrected chi connectivity index (χ4v) is 2.62. The molecule has 0 aliphatic heterocycles. The lowest BCUT2D eigenvalue weighted by molar-refractivity contribution is 0.588. The van der Waals surface area contributed by atoms with Gasteiger partial charge in [0.05, 0.1) is 17.2 Å². The predicted octanol–water partition coefficient (Wildman–Crippen LogP) is 3.79. The monoisotopic (exact) mass is 260 g/mol. The summed E-state index contributed by atoms with van der Waals surface area (Å²) in [4.78, 5) is 4.46. The molecule has 0 saturated heterocycles. The first-order valence-electron chi connectivity index (χ1n) is 6.55. The van der Waals surface area contributed by atoms with Gasteiger partial charge in [0.1, 0.15) is 0 Å². The van der Waals surface area contributed by atoms with Crippen LogP contribution in [0.4, 0.5) is 0 Å². The molecular weight excluding hydrogens is 240 g/mol. The van der Waals surface area contributed by atoms with E-state index in [4.69, 9.17) is 0 Å². The van der Waals surface area contributed by atoms with Gasteiger partial charge in [-0.15, -0.1) is 11.3 Å². The number of hydrogen-bond acceptors (Lipinski definition) is 3. The van der Waals surface area contributed by atoms with Crippen molar-refractivity contribution in [1.29, 1.82) is 0 Å². The van der Waals surface area contributed by atoms with Crippen LogP contribution < -0.4 is 5.32 Å². The Morgan fingerprint density at radius 2 is 2.22 bits per heavy atom. The summed E-state index contributed by atoms with van der Waals surface area (Å²) in [6.45, 7) is 5.39. The fraction of sp³-hybridized carbons (Fsp3) is 0.400. The summed E-state index contributed by atoms with van der Waals surface area (Å²) in [6.07, 6.45) is 2.21. The van der Waals surface area contributed by atoms with Crippen molar-refractivity contribution >= 4 is 11.3 Å². The molecule has 18 heavy (non-hydrogen) atoms. The van der Waals surface area contributed by atoms with Crippen LogP contribution in [0.15, 0.2) is 35.2 Å². The second kappa shape index (κ2) is 6.66. The average Bonchev–Trinajstić information content (AvgIpc) is 2.93. The Morgan fingerprint density at radius 1 is 1.33 bits per heavy atom. The van der Waals surface area contributed by atoms with Gasteiger partial charge in [0, 0.05) is 5.38 Å². The zero-order valence-corrected chi connectivity index (χ0v) is 11.8. The molecule has 1 aromatic carbocycles. The minimum Gasteiger partial charge on any atom is -0.305 e. The molecule has 2 nitrogen and oxygen atoms in total. The van der Waals surface area contributed by atoms with Gasteiger partial charge in [-0.3, -0.25) is 0 Å². The Hall–Kier alpha value is -1.19. The first-order chi connectivity index (χ1) is 8.85. The number of nitrogens with one attached hydrogen (secondary N) is 1. The van der Waals surface area contributed by atoms with E-state index in [0.29, 0.717) is 0 Å². The molecule has 1 atom stereocenters. The maximum atomic E-state index is 4.46. The quantitative estimate of drug-likeness (QED) is 0.854. The highest BCUT2D eigenvalue weighted by Gasteiger charge is 2.15. The number of aryl methyl sites for hydroxylation is 1. The van der Waals surface area contributed by atoms with Crippen molar-refractivity contribution in [1.82, 2.24) is 10.3 Å². The van der Waals surface area contributed by atoms with E-state index in [1.807, 2.05) is 5.51 Å². The third-order valence-electron chi connectivity index (χ3n) is 3.04. The smallest absolute Gasteiger partial charge is 0.0795 e. The van der Waals surface area contributed by atoms with Crippen LogP contribution in [-0.4, -0.2) is 11.5 Å². The van der Waals surface area contributed by atoms with Crippen LogP contribution in [0.1, 0.15) is 43.1 Å². The molecule has 1 N–H and O–H groups in total. The van der Waals surface area contributed by atoms with E-state index >= 15 is 0 Å². The van der Waals surface area contributed by atoms with E-state index in [1.54, 1.807) is 11.3 Å². The molecule has 0 aliphatic carbocycles. The zero-order chi connectivity index (χ0) is 12.8. The molecule has 96 valence electrons. The minimum atomic E-state index is 0.225. The average molecular weight is 260 g/mol. The van der Waals surface area contributed by atoms with Gasteiger partial charge in [-0.05, 0) is 30.5 Å². The van der Waals surface area contributed by atoms with Crippen LogP contribution in [0, 0.1) is 0 Å². The van der Waals surface area contributed by atoms with Crippen molar-refractivity contribution < 1.29 is 0 Å². The normalized spacial score (nSPS) is 12.6. The molecule has 0 radical (unpaired) electrons. The van der Waals surface area contributed by atoms with Crippen LogP contribution in [-0.2, 0) is 6.42 Å². The number of hydrogen-bond donors (Lipinski definition) is 1. The van der Waals surface area contributed by atoms with Crippen molar-refractivity contribution in [3.05, 3.63) is 52.0 Å². The molecule has 1 aromatic heterocycles. The molecule has 2 rings (SSSR count). The summed E-state index contributed by atoms with van der Waals surface area (Å²) in [5.74, 6) is 0. The molecule has 0 aliphatic rings. The second-order valence-electron chi connectivity index (χ2n) is 4.40. The van der Waals surface area contributed by atoms with Gasteiger partial charge >= 0.3 is 0 Å². The first-order valence-corrected chi connectivity index (χ1v) is 7.49. The summed E-state index contributed by atoms with van der Waals surface area (Å²) >= 11 is 1.65. The van der Waals surface area contributed by atoms with Gasteiger partial charge in [-0.2, -0.15) is 0 Å². The van der Waals surface area contributed by atoms with Crippen LogP contribution in [0.2, 0.25) is 0 Å². The third kappa shape index (κ3) is 3.18. The molecule has 1 unspecified atom stereocenters. The largest absolute Gasteiger partial charge is 0.305 e. The van der Waals surface area contributed by atoms with Crippen LogP contribution in [0.25, 0.3) is 0 Å². The zero-order valence-electron chi connectivity index (χ0n) is 11.0. The summed E-state index contributed by atoms with van der Waals surface area (Å²) in [6, 6.07) is 9.02. The highest BCUT2D eigenvalue weighted by Crippen LogP contribution is 2.23. The van der Waals surface area contributed by atoms with Gasteiger partial charge in [-0.1, -0.05) is 38.1 Å². The van der Waals surface area contributed by atoms with E-state index in [-0.39, 0.29) is 6.04 Å². The van der Waals surface area contributed by atoms with E-state index in [1.165, 1.54) is 11.1 Å². The van der Waals surface area contributed by atoms with Crippen molar-refractivity contribution in [2.45, 2.75) is 32.7 Å². The Bertz CT molecular complexity index is 465. The third-order valence-corrected chi connectivity index (χ3v) is 3.64. The van der Waals surface area contributed by atoms with Gasteiger partial charge in [-0.25, -0.2) is 4.98 Å². The maximum Gasteiger partial charge on any atom is 0.0795 e. The summed E-state index contributed by atoms with van der Waals surface area (Å²) in [5.41, 5.74) is 5.72. The Balaban J connectivity index is 2.27. The van der Waals surface area contributed by atoms with Crippen molar-refractivity contribution in [2.24, 2.45) is 0 Å². The highest BCUT2D eigenvalue weighted by molar-refractivity contribution is 7.07. The van der Waals surface area contributed by atoms with Gasteiger partial charge in [0.15, 0.2) is 0 Å². The molecule has 0 spiro atoms. The molecule has 0 bridgehead atoms. The molecule has 3 heteroatoms. The van der Waals surface area contributed by atoms with Gasteiger partial charge in [0.2, 0.25) is 0 Å². The molecule has 2 aromatic rings. The number of rotatable bonds is 6.